The Kier molecular flexibility index (Phi) is 6.74. The molecule has 20 heavy (non-hydrogen) atoms. The lowest BCUT2D eigenvalue weighted by molar-refractivity contribution is 0.0871. The number of aromatic nitrogens is 1. The average Bonchev–Trinajstić information content (AvgIpc) is 2.77. The van der Waals surface area contributed by atoms with Crippen LogP contribution in [0.15, 0.2) is 0 Å². The number of anilines is 2. The lowest BCUT2D eigenvalue weighted by Crippen LogP contribution is -2.41. The maximum Gasteiger partial charge on any atom is 0.265 e. The minimum Gasteiger partial charge on any atom is -0.383 e. The molecule has 7 heteroatoms. The zero-order valence-electron chi connectivity index (χ0n) is 12.5. The first-order valence-corrected chi connectivity index (χ1v) is 7.61. The molecule has 1 heterocycles. The highest BCUT2D eigenvalue weighted by Gasteiger charge is 2.21. The molecule has 0 saturated heterocycles. The summed E-state index contributed by atoms with van der Waals surface area (Å²) in [4.78, 5) is 16.8. The number of ether oxygens (including phenoxy) is 1. The first-order valence-electron chi connectivity index (χ1n) is 6.79. The predicted molar refractivity (Wildman–Crippen MR) is 83.3 cm³/mol. The Morgan fingerprint density at radius 1 is 1.50 bits per heavy atom. The largest absolute Gasteiger partial charge is 0.383 e. The Morgan fingerprint density at radius 2 is 2.20 bits per heavy atom. The van der Waals surface area contributed by atoms with E-state index in [0.29, 0.717) is 16.6 Å². The monoisotopic (exact) mass is 300 g/mol. The van der Waals surface area contributed by atoms with E-state index in [2.05, 4.69) is 22.5 Å². The smallest absolute Gasteiger partial charge is 0.265 e. The molecule has 0 aromatic carbocycles. The summed E-state index contributed by atoms with van der Waals surface area (Å²) in [7, 11) is 1.62. The van der Waals surface area contributed by atoms with Crippen molar-refractivity contribution in [3.05, 3.63) is 4.88 Å². The van der Waals surface area contributed by atoms with Crippen molar-refractivity contribution >= 4 is 28.2 Å². The van der Waals surface area contributed by atoms with Crippen molar-refractivity contribution in [3.63, 3.8) is 0 Å². The third-order valence-corrected chi connectivity index (χ3v) is 3.88. The van der Waals surface area contributed by atoms with E-state index in [1.807, 2.05) is 13.8 Å². The first kappa shape index (κ1) is 16.7. The third-order valence-electron chi connectivity index (χ3n) is 2.85. The molecule has 114 valence electrons. The van der Waals surface area contributed by atoms with Gasteiger partial charge in [-0.3, -0.25) is 4.79 Å². The summed E-state index contributed by atoms with van der Waals surface area (Å²) in [6.45, 7) is 7.42. The number of amides is 1. The number of nitrogens with zero attached hydrogens (tertiary/aromatic N) is 1. The van der Waals surface area contributed by atoms with Crippen LogP contribution in [0.4, 0.5) is 10.9 Å². The van der Waals surface area contributed by atoms with Crippen LogP contribution in [0, 0.1) is 5.92 Å². The average molecular weight is 300 g/mol. The lowest BCUT2D eigenvalue weighted by atomic mass is 10.1. The summed E-state index contributed by atoms with van der Waals surface area (Å²) >= 11 is 1.28. The molecule has 0 spiro atoms. The molecule has 0 aliphatic heterocycles. The number of carbonyl (C=O) groups is 1. The van der Waals surface area contributed by atoms with Gasteiger partial charge in [-0.2, -0.15) is 0 Å². The van der Waals surface area contributed by atoms with Crippen molar-refractivity contribution in [3.8, 4) is 0 Å². The summed E-state index contributed by atoms with van der Waals surface area (Å²) in [6.07, 6.45) is 0.990. The van der Waals surface area contributed by atoms with Gasteiger partial charge >= 0.3 is 0 Å². The van der Waals surface area contributed by atoms with E-state index >= 15 is 0 Å². The molecule has 0 bridgehead atoms. The Bertz CT molecular complexity index is 434. The van der Waals surface area contributed by atoms with Gasteiger partial charge in [-0.1, -0.05) is 32.1 Å². The molecule has 1 aromatic heterocycles. The first-order chi connectivity index (χ1) is 9.49. The fraction of sp³-hybridized carbons (Fsp3) is 0.692. The van der Waals surface area contributed by atoms with Crippen molar-refractivity contribution in [2.24, 2.45) is 5.92 Å². The maximum atomic E-state index is 12.2. The van der Waals surface area contributed by atoms with Gasteiger partial charge in [0.2, 0.25) is 0 Å². The van der Waals surface area contributed by atoms with E-state index < -0.39 is 0 Å². The topological polar surface area (TPSA) is 89.3 Å². The molecule has 4 N–H and O–H groups in total. The van der Waals surface area contributed by atoms with Gasteiger partial charge in [0.1, 0.15) is 10.7 Å². The van der Waals surface area contributed by atoms with E-state index in [-0.39, 0.29) is 23.7 Å². The Hall–Kier alpha value is -1.34. The van der Waals surface area contributed by atoms with Gasteiger partial charge in [-0.05, 0) is 12.3 Å². The van der Waals surface area contributed by atoms with Crippen molar-refractivity contribution < 1.29 is 9.53 Å². The number of nitrogen functional groups attached to an aromatic ring is 1. The standard InChI is InChI=1S/C13H24N4O2S/c1-5-6-15-13-17-11(14)10(20-13)12(18)16-9(7-19-4)8(2)3/h8-9H,5-7,14H2,1-4H3,(H,15,17)(H,16,18). The van der Waals surface area contributed by atoms with Crippen molar-refractivity contribution in [1.29, 1.82) is 0 Å². The zero-order valence-corrected chi connectivity index (χ0v) is 13.3. The van der Waals surface area contributed by atoms with Crippen LogP contribution in [0.5, 0.6) is 0 Å². The summed E-state index contributed by atoms with van der Waals surface area (Å²) < 4.78 is 5.12. The third kappa shape index (κ3) is 4.64. The van der Waals surface area contributed by atoms with Gasteiger partial charge in [0.15, 0.2) is 5.13 Å². The normalized spacial score (nSPS) is 12.4. The zero-order chi connectivity index (χ0) is 15.1. The number of rotatable bonds is 8. The highest BCUT2D eigenvalue weighted by molar-refractivity contribution is 7.18. The van der Waals surface area contributed by atoms with Crippen LogP contribution < -0.4 is 16.4 Å². The number of nitrogens with two attached hydrogens (primary N) is 1. The number of hydrogen-bond donors (Lipinski definition) is 3. The molecule has 1 atom stereocenters. The quantitative estimate of drug-likeness (QED) is 0.683. The summed E-state index contributed by atoms with van der Waals surface area (Å²) in [6, 6.07) is -0.0407. The molecule has 0 fully saturated rings. The fourth-order valence-electron chi connectivity index (χ4n) is 1.62. The summed E-state index contributed by atoms with van der Waals surface area (Å²) in [5, 5.41) is 6.76. The number of methoxy groups -OCH3 is 1. The van der Waals surface area contributed by atoms with E-state index in [0.717, 1.165) is 13.0 Å². The number of carbonyl (C=O) groups excluding carboxylic acids is 1. The van der Waals surface area contributed by atoms with Crippen LogP contribution in [0.25, 0.3) is 0 Å². The highest BCUT2D eigenvalue weighted by Crippen LogP contribution is 2.25. The number of thiazole rings is 1. The minimum absolute atomic E-state index is 0.0407. The van der Waals surface area contributed by atoms with Crippen LogP contribution in [-0.2, 0) is 4.74 Å². The second-order valence-corrected chi connectivity index (χ2v) is 5.94. The van der Waals surface area contributed by atoms with E-state index in [1.165, 1.54) is 11.3 Å². The van der Waals surface area contributed by atoms with Crippen LogP contribution in [-0.4, -0.2) is 37.2 Å². The molecule has 1 unspecified atom stereocenters. The second kappa shape index (κ2) is 8.06. The van der Waals surface area contributed by atoms with Gasteiger partial charge in [-0.15, -0.1) is 0 Å². The van der Waals surface area contributed by atoms with Crippen LogP contribution in [0.2, 0.25) is 0 Å². The van der Waals surface area contributed by atoms with Gasteiger partial charge in [0.25, 0.3) is 5.91 Å². The van der Waals surface area contributed by atoms with Crippen molar-refractivity contribution in [1.82, 2.24) is 10.3 Å². The highest BCUT2D eigenvalue weighted by atomic mass is 32.1. The van der Waals surface area contributed by atoms with Gasteiger partial charge in [0.05, 0.1) is 12.6 Å². The van der Waals surface area contributed by atoms with Crippen LogP contribution in [0.1, 0.15) is 36.9 Å². The van der Waals surface area contributed by atoms with Crippen molar-refractivity contribution in [2.75, 3.05) is 31.3 Å². The lowest BCUT2D eigenvalue weighted by Gasteiger charge is -2.21. The molecule has 0 aliphatic carbocycles. The van der Waals surface area contributed by atoms with E-state index in [9.17, 15) is 4.79 Å². The second-order valence-electron chi connectivity index (χ2n) is 4.94. The van der Waals surface area contributed by atoms with E-state index in [1.54, 1.807) is 7.11 Å². The molecular formula is C13H24N4O2S. The number of hydrogen-bond acceptors (Lipinski definition) is 6. The number of nitrogens with one attached hydrogen (secondary N) is 2. The molecule has 0 aliphatic rings. The molecular weight excluding hydrogens is 276 g/mol. The molecule has 0 saturated carbocycles. The van der Waals surface area contributed by atoms with Crippen LogP contribution in [0.3, 0.4) is 0 Å². The predicted octanol–water partition coefficient (Wildman–Crippen LogP) is 1.95. The van der Waals surface area contributed by atoms with Crippen molar-refractivity contribution in [2.45, 2.75) is 33.2 Å². The molecule has 1 rings (SSSR count). The molecule has 0 radical (unpaired) electrons. The van der Waals surface area contributed by atoms with Crippen LogP contribution >= 0.6 is 11.3 Å². The summed E-state index contributed by atoms with van der Waals surface area (Å²) in [5.41, 5.74) is 5.81. The fourth-order valence-corrected chi connectivity index (χ4v) is 2.43. The summed E-state index contributed by atoms with van der Waals surface area (Å²) in [5.74, 6) is 0.358. The Labute approximate surface area is 124 Å². The Balaban J connectivity index is 2.73. The Morgan fingerprint density at radius 3 is 2.75 bits per heavy atom. The minimum atomic E-state index is -0.194. The van der Waals surface area contributed by atoms with E-state index in [4.69, 9.17) is 10.5 Å². The molecule has 1 aromatic rings. The van der Waals surface area contributed by atoms with Gasteiger partial charge in [-0.25, -0.2) is 4.98 Å². The van der Waals surface area contributed by atoms with Gasteiger partial charge < -0.3 is 21.1 Å². The molecule has 1 amide bonds. The SMILES string of the molecule is CCCNc1nc(N)c(C(=O)NC(COC)C(C)C)s1. The van der Waals surface area contributed by atoms with Gasteiger partial charge in [0, 0.05) is 13.7 Å². The molecule has 6 nitrogen and oxygen atoms in total. The maximum absolute atomic E-state index is 12.2.